The van der Waals surface area contributed by atoms with Crippen molar-refractivity contribution in [1.82, 2.24) is 9.80 Å². The molecule has 0 saturated carbocycles. The van der Waals surface area contributed by atoms with E-state index in [1.807, 2.05) is 0 Å². The van der Waals surface area contributed by atoms with Crippen molar-refractivity contribution in [3.05, 3.63) is 80.5 Å². The zero-order chi connectivity index (χ0) is 22.0. The number of halogens is 2. The highest BCUT2D eigenvalue weighted by atomic mass is 35.5. The van der Waals surface area contributed by atoms with E-state index in [0.29, 0.717) is 15.6 Å². The van der Waals surface area contributed by atoms with Gasteiger partial charge in [-0.25, -0.2) is 4.79 Å². The monoisotopic (exact) mass is 448 g/mol. The van der Waals surface area contributed by atoms with Gasteiger partial charge in [0.05, 0.1) is 27.7 Å². The van der Waals surface area contributed by atoms with Crippen LogP contribution >= 0.6 is 23.2 Å². The van der Waals surface area contributed by atoms with Crippen molar-refractivity contribution in [2.45, 2.75) is 13.1 Å². The minimum atomic E-state index is -1.05. The number of aliphatic hydroxyl groups excluding tert-OH is 1. The first-order valence-electron chi connectivity index (χ1n) is 8.90. The van der Waals surface area contributed by atoms with Gasteiger partial charge in [-0.1, -0.05) is 41.4 Å². The second kappa shape index (κ2) is 8.77. The van der Waals surface area contributed by atoms with Gasteiger partial charge in [-0.15, -0.1) is 0 Å². The first-order chi connectivity index (χ1) is 14.2. The van der Waals surface area contributed by atoms with Gasteiger partial charge in [0.15, 0.2) is 5.76 Å². The molecule has 0 fully saturated rings. The molecular weight excluding hydrogens is 431 g/mol. The summed E-state index contributed by atoms with van der Waals surface area (Å²) in [5, 5.41) is 19.9. The average molecular weight is 449 g/mol. The molecule has 30 heavy (non-hydrogen) atoms. The molecule has 1 aliphatic heterocycles. The van der Waals surface area contributed by atoms with E-state index in [-0.39, 0.29) is 30.8 Å². The van der Waals surface area contributed by atoms with Crippen molar-refractivity contribution in [3.63, 3.8) is 0 Å². The van der Waals surface area contributed by atoms with Gasteiger partial charge in [-0.3, -0.25) is 9.59 Å². The molecular formula is C21H18Cl2N2O5. The third-order valence-corrected chi connectivity index (χ3v) is 5.45. The second-order valence-electron chi connectivity index (χ2n) is 6.90. The Hall–Kier alpha value is -3.03. The molecule has 0 bridgehead atoms. The molecule has 0 aliphatic carbocycles. The smallest absolute Gasteiger partial charge is 0.335 e. The highest BCUT2D eigenvalue weighted by Crippen LogP contribution is 2.25. The normalized spacial score (nSPS) is 13.7. The lowest BCUT2D eigenvalue weighted by atomic mass is 10.1. The summed E-state index contributed by atoms with van der Waals surface area (Å²) < 4.78 is 0. The Balaban J connectivity index is 1.68. The zero-order valence-corrected chi connectivity index (χ0v) is 17.4. The quantitative estimate of drug-likeness (QED) is 0.704. The van der Waals surface area contributed by atoms with Crippen LogP contribution in [0.1, 0.15) is 21.5 Å². The fourth-order valence-electron chi connectivity index (χ4n) is 3.10. The molecule has 3 rings (SSSR count). The lowest BCUT2D eigenvalue weighted by Gasteiger charge is -2.20. The van der Waals surface area contributed by atoms with Crippen LogP contribution in [0.15, 0.2) is 53.8 Å². The van der Waals surface area contributed by atoms with Crippen molar-refractivity contribution in [2.24, 2.45) is 0 Å². The summed E-state index contributed by atoms with van der Waals surface area (Å²) in [6.07, 6.45) is 0. The van der Waals surface area contributed by atoms with E-state index in [1.165, 1.54) is 21.9 Å². The Morgan fingerprint density at radius 1 is 1.07 bits per heavy atom. The molecule has 2 aromatic rings. The molecule has 2 amide bonds. The van der Waals surface area contributed by atoms with Crippen LogP contribution in [-0.4, -0.2) is 51.4 Å². The SMILES string of the molecule is CN(Cc1ccc(Cl)c(Cl)c1)C(=O)C1=C(O)C(=O)N(Cc2ccc(C(=O)O)cc2)C1. The summed E-state index contributed by atoms with van der Waals surface area (Å²) in [6.45, 7) is 0.309. The fraction of sp³-hybridized carbons (Fsp3) is 0.190. The molecule has 7 nitrogen and oxygen atoms in total. The number of likely N-dealkylation sites (N-methyl/N-ethyl adjacent to an activating group) is 1. The lowest BCUT2D eigenvalue weighted by Crippen LogP contribution is -2.31. The van der Waals surface area contributed by atoms with Crippen LogP contribution in [-0.2, 0) is 22.7 Å². The van der Waals surface area contributed by atoms with Crippen molar-refractivity contribution in [1.29, 1.82) is 0 Å². The number of carboxylic acids is 1. The molecule has 2 aromatic carbocycles. The molecule has 0 unspecified atom stereocenters. The Labute approximate surface area is 182 Å². The number of aromatic carboxylic acids is 1. The first-order valence-corrected chi connectivity index (χ1v) is 9.66. The topological polar surface area (TPSA) is 98.2 Å². The largest absolute Gasteiger partial charge is 0.503 e. The lowest BCUT2D eigenvalue weighted by molar-refractivity contribution is -0.128. The van der Waals surface area contributed by atoms with Crippen LogP contribution in [0, 0.1) is 0 Å². The van der Waals surface area contributed by atoms with Crippen LogP contribution in [0.4, 0.5) is 0 Å². The number of rotatable bonds is 6. The van der Waals surface area contributed by atoms with E-state index >= 15 is 0 Å². The Morgan fingerprint density at radius 3 is 2.30 bits per heavy atom. The molecule has 0 atom stereocenters. The number of amides is 2. The van der Waals surface area contributed by atoms with Crippen LogP contribution in [0.5, 0.6) is 0 Å². The van der Waals surface area contributed by atoms with Gasteiger partial charge in [0, 0.05) is 20.1 Å². The number of nitrogens with zero attached hydrogens (tertiary/aromatic N) is 2. The Bertz CT molecular complexity index is 1050. The number of hydrogen-bond donors (Lipinski definition) is 2. The molecule has 0 aromatic heterocycles. The summed E-state index contributed by atoms with van der Waals surface area (Å²) in [5.41, 5.74) is 1.57. The summed E-state index contributed by atoms with van der Waals surface area (Å²) in [4.78, 5) is 38.8. The zero-order valence-electron chi connectivity index (χ0n) is 15.9. The molecule has 9 heteroatoms. The van der Waals surface area contributed by atoms with E-state index in [0.717, 1.165) is 5.56 Å². The van der Waals surface area contributed by atoms with Gasteiger partial charge < -0.3 is 20.0 Å². The predicted molar refractivity (Wildman–Crippen MR) is 111 cm³/mol. The summed E-state index contributed by atoms with van der Waals surface area (Å²) in [5.74, 6) is -2.75. The molecule has 1 heterocycles. The van der Waals surface area contributed by atoms with Gasteiger partial charge in [0.25, 0.3) is 11.8 Å². The fourth-order valence-corrected chi connectivity index (χ4v) is 3.42. The van der Waals surface area contributed by atoms with Gasteiger partial charge in [-0.05, 0) is 35.4 Å². The Morgan fingerprint density at radius 2 is 1.70 bits per heavy atom. The molecule has 156 valence electrons. The summed E-state index contributed by atoms with van der Waals surface area (Å²) >= 11 is 11.9. The predicted octanol–water partition coefficient (Wildman–Crippen LogP) is 3.50. The molecule has 0 saturated heterocycles. The van der Waals surface area contributed by atoms with Crippen molar-refractivity contribution in [2.75, 3.05) is 13.6 Å². The van der Waals surface area contributed by atoms with E-state index in [1.54, 1.807) is 37.4 Å². The number of benzene rings is 2. The van der Waals surface area contributed by atoms with Crippen molar-refractivity contribution >= 4 is 41.0 Å². The van der Waals surface area contributed by atoms with E-state index in [2.05, 4.69) is 0 Å². The average Bonchev–Trinajstić information content (AvgIpc) is 2.99. The molecule has 0 spiro atoms. The maximum atomic E-state index is 12.8. The van der Waals surface area contributed by atoms with Crippen LogP contribution in [0.25, 0.3) is 0 Å². The van der Waals surface area contributed by atoms with Gasteiger partial charge >= 0.3 is 5.97 Å². The minimum Gasteiger partial charge on any atom is -0.503 e. The van der Waals surface area contributed by atoms with Crippen LogP contribution in [0.3, 0.4) is 0 Å². The van der Waals surface area contributed by atoms with Crippen LogP contribution in [0.2, 0.25) is 10.0 Å². The van der Waals surface area contributed by atoms with Gasteiger partial charge in [0.1, 0.15) is 0 Å². The number of aliphatic hydroxyl groups is 1. The molecule has 1 aliphatic rings. The number of carbonyl (C=O) groups excluding carboxylic acids is 2. The third kappa shape index (κ3) is 4.58. The van der Waals surface area contributed by atoms with Gasteiger partial charge in [-0.2, -0.15) is 0 Å². The minimum absolute atomic E-state index is 0.00437. The number of carbonyl (C=O) groups is 3. The van der Waals surface area contributed by atoms with Crippen LogP contribution < -0.4 is 0 Å². The second-order valence-corrected chi connectivity index (χ2v) is 7.71. The molecule has 2 N–H and O–H groups in total. The molecule has 0 radical (unpaired) electrons. The number of carboxylic acid groups (broad SMARTS) is 1. The van der Waals surface area contributed by atoms with Crippen molar-refractivity contribution in [3.8, 4) is 0 Å². The first kappa shape index (κ1) is 21.7. The van der Waals surface area contributed by atoms with E-state index < -0.39 is 23.5 Å². The van der Waals surface area contributed by atoms with E-state index in [4.69, 9.17) is 28.3 Å². The summed E-state index contributed by atoms with van der Waals surface area (Å²) in [6, 6.07) is 11.1. The maximum Gasteiger partial charge on any atom is 0.335 e. The third-order valence-electron chi connectivity index (χ3n) is 4.71. The highest BCUT2D eigenvalue weighted by molar-refractivity contribution is 6.42. The van der Waals surface area contributed by atoms with Gasteiger partial charge in [0.2, 0.25) is 0 Å². The standard InChI is InChI=1S/C21H18Cl2N2O5/c1-24(9-13-4-7-16(22)17(23)8-13)19(27)15-11-25(20(28)18(15)26)10-12-2-5-14(6-3-12)21(29)30/h2-8,26H,9-11H2,1H3,(H,29,30). The van der Waals surface area contributed by atoms with E-state index in [9.17, 15) is 19.5 Å². The Kier molecular flexibility index (Phi) is 6.34. The van der Waals surface area contributed by atoms with Crippen molar-refractivity contribution < 1.29 is 24.6 Å². The maximum absolute atomic E-state index is 12.8. The number of hydrogen-bond acceptors (Lipinski definition) is 4. The summed E-state index contributed by atoms with van der Waals surface area (Å²) in [7, 11) is 1.56. The highest BCUT2D eigenvalue weighted by Gasteiger charge is 2.35.